The summed E-state index contributed by atoms with van der Waals surface area (Å²) < 4.78 is 44.9. The Morgan fingerprint density at radius 1 is 1.08 bits per heavy atom. The second-order valence-corrected chi connectivity index (χ2v) is 9.41. The number of nitrogens with one attached hydrogen (secondary N) is 3. The molecule has 5 aromatic rings. The van der Waals surface area contributed by atoms with Gasteiger partial charge in [-0.2, -0.15) is 18.3 Å². The molecule has 186 valence electrons. The molecular formula is C25H23F3N6OS. The van der Waals surface area contributed by atoms with E-state index in [-0.39, 0.29) is 6.04 Å². The van der Waals surface area contributed by atoms with Gasteiger partial charge >= 0.3 is 6.18 Å². The van der Waals surface area contributed by atoms with E-state index < -0.39 is 11.7 Å². The average molecular weight is 513 g/mol. The fraction of sp³-hybridized carbons (Fsp3) is 0.240. The quantitative estimate of drug-likeness (QED) is 0.231. The molecule has 3 N–H and O–H groups in total. The van der Waals surface area contributed by atoms with Gasteiger partial charge in [-0.05, 0) is 55.3 Å². The Labute approximate surface area is 208 Å². The first-order valence-corrected chi connectivity index (χ1v) is 12.1. The maximum Gasteiger partial charge on any atom is 0.416 e. The molecule has 0 aliphatic rings. The normalized spacial score (nSPS) is 12.8. The van der Waals surface area contributed by atoms with Crippen LogP contribution in [0.1, 0.15) is 22.6 Å². The van der Waals surface area contributed by atoms with Crippen molar-refractivity contribution in [2.45, 2.75) is 32.1 Å². The Bertz CT molecular complexity index is 1440. The van der Waals surface area contributed by atoms with Crippen LogP contribution in [0.4, 0.5) is 18.3 Å². The smallest absolute Gasteiger partial charge is 0.416 e. The highest BCUT2D eigenvalue weighted by molar-refractivity contribution is 7.18. The Kier molecular flexibility index (Phi) is 6.75. The predicted octanol–water partition coefficient (Wildman–Crippen LogP) is 5.81. The van der Waals surface area contributed by atoms with Crippen molar-refractivity contribution >= 4 is 27.4 Å². The van der Waals surface area contributed by atoms with Crippen LogP contribution in [0.3, 0.4) is 0 Å². The van der Waals surface area contributed by atoms with E-state index in [0.29, 0.717) is 30.2 Å². The molecule has 5 rings (SSSR count). The molecule has 0 saturated carbocycles. The van der Waals surface area contributed by atoms with Gasteiger partial charge in [-0.15, -0.1) is 10.2 Å². The molecule has 0 radical (unpaired) electrons. The van der Waals surface area contributed by atoms with Gasteiger partial charge in [0.25, 0.3) is 0 Å². The Hall–Kier alpha value is -3.70. The van der Waals surface area contributed by atoms with Crippen LogP contribution < -0.4 is 10.6 Å². The summed E-state index contributed by atoms with van der Waals surface area (Å²) in [6, 6.07) is 14.8. The molecule has 7 nitrogen and oxygen atoms in total. The molecule has 0 aliphatic heterocycles. The third-order valence-corrected chi connectivity index (χ3v) is 6.73. The highest BCUT2D eigenvalue weighted by atomic mass is 32.1. The van der Waals surface area contributed by atoms with Gasteiger partial charge in [0.1, 0.15) is 10.8 Å². The molecule has 3 heterocycles. The van der Waals surface area contributed by atoms with Crippen LogP contribution in [0, 0.1) is 6.92 Å². The number of furan rings is 1. The number of aromatic nitrogens is 4. The number of aryl methyl sites for hydroxylation is 1. The SMILES string of the molecule is Cc1[nH]nc2ccc(-c3nnc(NCC(Cc4cccc(C(F)(F)F)c4)NCc4ccco4)s3)cc12. The van der Waals surface area contributed by atoms with Crippen LogP contribution in [0.5, 0.6) is 0 Å². The van der Waals surface area contributed by atoms with E-state index in [2.05, 4.69) is 31.0 Å². The summed E-state index contributed by atoms with van der Waals surface area (Å²) in [5.74, 6) is 0.743. The van der Waals surface area contributed by atoms with Crippen LogP contribution in [0.2, 0.25) is 0 Å². The molecule has 2 aromatic carbocycles. The number of aromatic amines is 1. The Balaban J connectivity index is 1.29. The van der Waals surface area contributed by atoms with Gasteiger partial charge in [-0.3, -0.25) is 5.10 Å². The molecular weight excluding hydrogens is 489 g/mol. The number of nitrogens with zero attached hydrogens (tertiary/aromatic N) is 3. The highest BCUT2D eigenvalue weighted by Gasteiger charge is 2.30. The third-order valence-electron chi connectivity index (χ3n) is 5.80. The lowest BCUT2D eigenvalue weighted by Gasteiger charge is -2.19. The van der Waals surface area contributed by atoms with E-state index in [1.54, 1.807) is 18.4 Å². The van der Waals surface area contributed by atoms with E-state index in [9.17, 15) is 13.2 Å². The minimum Gasteiger partial charge on any atom is -0.468 e. The van der Waals surface area contributed by atoms with E-state index in [1.165, 1.54) is 23.5 Å². The van der Waals surface area contributed by atoms with Crippen LogP contribution in [0.15, 0.2) is 65.3 Å². The van der Waals surface area contributed by atoms with Crippen molar-refractivity contribution in [3.63, 3.8) is 0 Å². The fourth-order valence-corrected chi connectivity index (χ4v) is 4.67. The van der Waals surface area contributed by atoms with E-state index in [4.69, 9.17) is 4.42 Å². The second kappa shape index (κ2) is 10.1. The molecule has 1 atom stereocenters. The van der Waals surface area contributed by atoms with Gasteiger partial charge in [0.05, 0.1) is 23.9 Å². The van der Waals surface area contributed by atoms with Crippen molar-refractivity contribution in [1.82, 2.24) is 25.7 Å². The Morgan fingerprint density at radius 3 is 2.78 bits per heavy atom. The first-order chi connectivity index (χ1) is 17.3. The van der Waals surface area contributed by atoms with Gasteiger partial charge in [0, 0.05) is 29.2 Å². The zero-order valence-electron chi connectivity index (χ0n) is 19.3. The first kappa shape index (κ1) is 24.0. The van der Waals surface area contributed by atoms with E-state index in [0.717, 1.165) is 39.0 Å². The number of hydrogen-bond acceptors (Lipinski definition) is 7. The molecule has 3 aromatic heterocycles. The lowest BCUT2D eigenvalue weighted by Crippen LogP contribution is -2.37. The molecule has 0 aliphatic carbocycles. The average Bonchev–Trinajstić information content (AvgIpc) is 3.62. The van der Waals surface area contributed by atoms with Crippen molar-refractivity contribution in [3.8, 4) is 10.6 Å². The van der Waals surface area contributed by atoms with Crippen molar-refractivity contribution < 1.29 is 17.6 Å². The Morgan fingerprint density at radius 2 is 1.97 bits per heavy atom. The van der Waals surface area contributed by atoms with Gasteiger partial charge in [-0.1, -0.05) is 29.5 Å². The van der Waals surface area contributed by atoms with Crippen LogP contribution in [0.25, 0.3) is 21.5 Å². The van der Waals surface area contributed by atoms with Gasteiger partial charge in [0.2, 0.25) is 5.13 Å². The molecule has 0 bridgehead atoms. The summed E-state index contributed by atoms with van der Waals surface area (Å²) in [5.41, 5.74) is 2.74. The standard InChI is InChI=1S/C25H23F3N6OS/c1-15-21-12-17(7-8-22(21)32-31-15)23-33-34-24(36-23)30-13-19(29-14-20-6-3-9-35-20)11-16-4-2-5-18(10-16)25(26,27)28/h2-10,12,19,29H,11,13-14H2,1H3,(H,30,34)(H,31,32). The number of H-pyrrole nitrogens is 1. The fourth-order valence-electron chi connectivity index (χ4n) is 3.93. The molecule has 36 heavy (non-hydrogen) atoms. The number of benzene rings is 2. The lowest BCUT2D eigenvalue weighted by molar-refractivity contribution is -0.137. The highest BCUT2D eigenvalue weighted by Crippen LogP contribution is 2.31. The van der Waals surface area contributed by atoms with Crippen molar-refractivity contribution in [1.29, 1.82) is 0 Å². The van der Waals surface area contributed by atoms with Crippen molar-refractivity contribution in [3.05, 3.63) is 83.4 Å². The summed E-state index contributed by atoms with van der Waals surface area (Å²) in [7, 11) is 0. The van der Waals surface area contributed by atoms with E-state index in [1.807, 2.05) is 31.2 Å². The first-order valence-electron chi connectivity index (χ1n) is 11.3. The van der Waals surface area contributed by atoms with Gasteiger partial charge in [-0.25, -0.2) is 0 Å². The number of rotatable bonds is 9. The number of hydrogen-bond donors (Lipinski definition) is 3. The number of anilines is 1. The lowest BCUT2D eigenvalue weighted by atomic mass is 10.0. The second-order valence-electron chi connectivity index (χ2n) is 8.43. The minimum absolute atomic E-state index is 0.184. The molecule has 0 amide bonds. The number of fused-ring (bicyclic) bond motifs is 1. The number of halogens is 3. The summed E-state index contributed by atoms with van der Waals surface area (Å²) in [6.07, 6.45) is -2.41. The maximum atomic E-state index is 13.2. The molecule has 0 spiro atoms. The summed E-state index contributed by atoms with van der Waals surface area (Å²) in [5, 5.41) is 24.9. The van der Waals surface area contributed by atoms with Crippen LogP contribution in [-0.4, -0.2) is 33.0 Å². The molecule has 0 fully saturated rings. The van der Waals surface area contributed by atoms with Crippen LogP contribution in [-0.2, 0) is 19.1 Å². The summed E-state index contributed by atoms with van der Waals surface area (Å²) in [4.78, 5) is 0. The molecule has 11 heteroatoms. The largest absolute Gasteiger partial charge is 0.468 e. The van der Waals surface area contributed by atoms with Crippen LogP contribution >= 0.6 is 11.3 Å². The predicted molar refractivity (Wildman–Crippen MR) is 133 cm³/mol. The summed E-state index contributed by atoms with van der Waals surface area (Å²) >= 11 is 1.41. The molecule has 1 unspecified atom stereocenters. The monoisotopic (exact) mass is 512 g/mol. The third kappa shape index (κ3) is 5.58. The molecule has 0 saturated heterocycles. The van der Waals surface area contributed by atoms with Gasteiger partial charge in [0.15, 0.2) is 0 Å². The van der Waals surface area contributed by atoms with Crippen molar-refractivity contribution in [2.75, 3.05) is 11.9 Å². The number of alkyl halides is 3. The maximum absolute atomic E-state index is 13.2. The zero-order valence-corrected chi connectivity index (χ0v) is 20.1. The minimum atomic E-state index is -4.38. The van der Waals surface area contributed by atoms with Gasteiger partial charge < -0.3 is 15.1 Å². The van der Waals surface area contributed by atoms with E-state index >= 15 is 0 Å². The zero-order chi connectivity index (χ0) is 25.1. The summed E-state index contributed by atoms with van der Waals surface area (Å²) in [6.45, 7) is 2.85. The van der Waals surface area contributed by atoms with Crippen molar-refractivity contribution in [2.24, 2.45) is 0 Å². The topological polar surface area (TPSA) is 91.7 Å².